The van der Waals surface area contributed by atoms with Crippen molar-refractivity contribution >= 4 is 34.7 Å². The van der Waals surface area contributed by atoms with Gasteiger partial charge in [-0.3, -0.25) is 9.36 Å². The lowest BCUT2D eigenvalue weighted by Crippen LogP contribution is -2.20. The maximum Gasteiger partial charge on any atom is 0.250 e. The van der Waals surface area contributed by atoms with Gasteiger partial charge in [0, 0.05) is 16.8 Å². The number of hydrogen-bond acceptors (Lipinski definition) is 6. The monoisotopic (exact) mass is 507 g/mol. The number of benzene rings is 4. The normalized spacial score (nSPS) is 11.3. The fourth-order valence-corrected chi connectivity index (χ4v) is 4.67. The minimum Gasteiger partial charge on any atom is -0.507 e. The van der Waals surface area contributed by atoms with E-state index in [1.54, 1.807) is 6.07 Å². The predicted molar refractivity (Wildman–Crippen MR) is 148 cm³/mol. The number of thioether (sulfide) groups is 1. The van der Waals surface area contributed by atoms with Gasteiger partial charge in [0.2, 0.25) is 0 Å². The standard InChI is InChI=1S/C29H25N5O2S/c1-19-7-11-22(12-8-19)28-32-33-29(34(28)23-14-9-20(2)10-15-23)37-18-27(36)31-30-17-25-24-6-4-3-5-21(24)13-16-26(25)35/h3-17,35H,18H2,1-2H3,(H,31,36). The van der Waals surface area contributed by atoms with E-state index in [9.17, 15) is 9.90 Å². The topological polar surface area (TPSA) is 92.4 Å². The van der Waals surface area contributed by atoms with Crippen molar-refractivity contribution in [1.82, 2.24) is 20.2 Å². The molecule has 1 heterocycles. The first-order valence-corrected chi connectivity index (χ1v) is 12.7. The number of phenols is 1. The molecule has 4 aromatic carbocycles. The molecule has 0 bridgehead atoms. The van der Waals surface area contributed by atoms with Crippen molar-refractivity contribution in [2.75, 3.05) is 5.75 Å². The number of carbonyl (C=O) groups excluding carboxylic acids is 1. The highest BCUT2D eigenvalue weighted by Crippen LogP contribution is 2.29. The van der Waals surface area contributed by atoms with Crippen LogP contribution in [0.5, 0.6) is 5.75 Å². The summed E-state index contributed by atoms with van der Waals surface area (Å²) in [7, 11) is 0. The summed E-state index contributed by atoms with van der Waals surface area (Å²) < 4.78 is 1.96. The zero-order valence-electron chi connectivity index (χ0n) is 20.4. The summed E-state index contributed by atoms with van der Waals surface area (Å²) in [5.74, 6) is 0.602. The zero-order chi connectivity index (χ0) is 25.8. The molecule has 0 atom stereocenters. The highest BCUT2D eigenvalue weighted by Gasteiger charge is 2.17. The number of rotatable bonds is 7. The third-order valence-electron chi connectivity index (χ3n) is 5.90. The van der Waals surface area contributed by atoms with Crippen molar-refractivity contribution in [1.29, 1.82) is 0 Å². The lowest BCUT2D eigenvalue weighted by molar-refractivity contribution is -0.118. The van der Waals surface area contributed by atoms with E-state index in [-0.39, 0.29) is 17.4 Å². The molecule has 0 aliphatic carbocycles. The minimum absolute atomic E-state index is 0.0940. The third-order valence-corrected chi connectivity index (χ3v) is 6.83. The Labute approximate surface area is 218 Å². The van der Waals surface area contributed by atoms with Crippen molar-refractivity contribution in [3.63, 3.8) is 0 Å². The Bertz CT molecular complexity index is 1590. The molecule has 0 aliphatic heterocycles. The lowest BCUT2D eigenvalue weighted by atomic mass is 10.0. The van der Waals surface area contributed by atoms with Crippen LogP contribution < -0.4 is 5.43 Å². The van der Waals surface area contributed by atoms with E-state index in [0.717, 1.165) is 33.2 Å². The molecule has 0 unspecified atom stereocenters. The number of fused-ring (bicyclic) bond motifs is 1. The van der Waals surface area contributed by atoms with Crippen LogP contribution in [0.3, 0.4) is 0 Å². The molecule has 0 saturated carbocycles. The number of hydrogen-bond donors (Lipinski definition) is 2. The van der Waals surface area contributed by atoms with E-state index < -0.39 is 0 Å². The van der Waals surface area contributed by atoms with E-state index in [1.165, 1.54) is 18.0 Å². The highest BCUT2D eigenvalue weighted by atomic mass is 32.2. The van der Waals surface area contributed by atoms with Gasteiger partial charge in [-0.1, -0.05) is 89.6 Å². The molecule has 7 nitrogen and oxygen atoms in total. The lowest BCUT2D eigenvalue weighted by Gasteiger charge is -2.11. The van der Waals surface area contributed by atoms with E-state index in [0.29, 0.717) is 16.5 Å². The smallest absolute Gasteiger partial charge is 0.250 e. The molecule has 0 aliphatic rings. The van der Waals surface area contributed by atoms with Gasteiger partial charge in [0.15, 0.2) is 11.0 Å². The Hall–Kier alpha value is -4.43. The quantitative estimate of drug-likeness (QED) is 0.169. The second kappa shape index (κ2) is 10.7. The van der Waals surface area contributed by atoms with Crippen LogP contribution in [0, 0.1) is 13.8 Å². The molecule has 2 N–H and O–H groups in total. The largest absolute Gasteiger partial charge is 0.507 e. The van der Waals surface area contributed by atoms with Gasteiger partial charge in [-0.2, -0.15) is 5.10 Å². The van der Waals surface area contributed by atoms with Crippen molar-refractivity contribution in [2.24, 2.45) is 5.10 Å². The summed E-state index contributed by atoms with van der Waals surface area (Å²) in [5.41, 5.74) is 7.26. The summed E-state index contributed by atoms with van der Waals surface area (Å²) in [4.78, 5) is 12.6. The number of nitrogens with one attached hydrogen (secondary N) is 1. The summed E-state index contributed by atoms with van der Waals surface area (Å²) in [6.07, 6.45) is 1.46. The van der Waals surface area contributed by atoms with E-state index >= 15 is 0 Å². The number of aromatic hydroxyl groups is 1. The van der Waals surface area contributed by atoms with Gasteiger partial charge in [0.25, 0.3) is 5.91 Å². The minimum atomic E-state index is -0.295. The fraction of sp³-hybridized carbons (Fsp3) is 0.103. The molecular weight excluding hydrogens is 482 g/mol. The Balaban J connectivity index is 1.34. The van der Waals surface area contributed by atoms with Gasteiger partial charge in [0.05, 0.1) is 12.0 Å². The maximum absolute atomic E-state index is 12.6. The molecule has 1 aromatic heterocycles. The van der Waals surface area contributed by atoms with Crippen molar-refractivity contribution in [3.05, 3.63) is 102 Å². The number of nitrogens with zero attached hydrogens (tertiary/aromatic N) is 4. The summed E-state index contributed by atoms with van der Waals surface area (Å²) in [6.45, 7) is 4.08. The SMILES string of the molecule is Cc1ccc(-c2nnc(SCC(=O)NN=Cc3c(O)ccc4ccccc34)n2-c2ccc(C)cc2)cc1. The van der Waals surface area contributed by atoms with Crippen LogP contribution in [0.1, 0.15) is 16.7 Å². The number of aryl methyl sites for hydroxylation is 2. The maximum atomic E-state index is 12.6. The van der Waals surface area contributed by atoms with Gasteiger partial charge in [-0.15, -0.1) is 10.2 Å². The molecule has 0 radical (unpaired) electrons. The summed E-state index contributed by atoms with van der Waals surface area (Å²) in [6, 6.07) is 27.3. The molecular formula is C29H25N5O2S. The number of phenolic OH excluding ortho intramolecular Hbond substituents is 1. The van der Waals surface area contributed by atoms with Crippen LogP contribution in [0.4, 0.5) is 0 Å². The van der Waals surface area contributed by atoms with Crippen molar-refractivity contribution in [3.8, 4) is 22.8 Å². The molecule has 0 saturated heterocycles. The van der Waals surface area contributed by atoms with Gasteiger partial charge in [-0.05, 0) is 42.8 Å². The van der Waals surface area contributed by atoms with Gasteiger partial charge in [0.1, 0.15) is 5.75 Å². The Morgan fingerprint density at radius 1 is 0.946 bits per heavy atom. The molecule has 184 valence electrons. The Kier molecular flexibility index (Phi) is 7.00. The molecule has 8 heteroatoms. The molecule has 37 heavy (non-hydrogen) atoms. The van der Waals surface area contributed by atoms with Crippen molar-refractivity contribution in [2.45, 2.75) is 19.0 Å². The first-order valence-electron chi connectivity index (χ1n) is 11.7. The van der Waals surface area contributed by atoms with Gasteiger partial charge < -0.3 is 5.11 Å². The summed E-state index contributed by atoms with van der Waals surface area (Å²) in [5, 5.41) is 25.6. The molecule has 1 amide bonds. The van der Waals surface area contributed by atoms with Crippen LogP contribution >= 0.6 is 11.8 Å². The average Bonchev–Trinajstić information content (AvgIpc) is 3.33. The number of carbonyl (C=O) groups is 1. The van der Waals surface area contributed by atoms with E-state index in [4.69, 9.17) is 0 Å². The van der Waals surface area contributed by atoms with Crippen LogP contribution in [-0.4, -0.2) is 37.7 Å². The molecule has 0 spiro atoms. The highest BCUT2D eigenvalue weighted by molar-refractivity contribution is 7.99. The van der Waals surface area contributed by atoms with Crippen LogP contribution in [0.15, 0.2) is 95.2 Å². The fourth-order valence-electron chi connectivity index (χ4n) is 3.93. The Morgan fingerprint density at radius 2 is 1.65 bits per heavy atom. The van der Waals surface area contributed by atoms with Gasteiger partial charge >= 0.3 is 0 Å². The molecule has 5 rings (SSSR count). The zero-order valence-corrected chi connectivity index (χ0v) is 21.2. The Morgan fingerprint density at radius 3 is 2.41 bits per heavy atom. The predicted octanol–water partition coefficient (Wildman–Crippen LogP) is 5.65. The van der Waals surface area contributed by atoms with Crippen molar-refractivity contribution < 1.29 is 9.90 Å². The van der Waals surface area contributed by atoms with Crippen LogP contribution in [-0.2, 0) is 4.79 Å². The second-order valence-electron chi connectivity index (χ2n) is 8.64. The van der Waals surface area contributed by atoms with Gasteiger partial charge in [-0.25, -0.2) is 5.43 Å². The molecule has 5 aromatic rings. The number of aromatic nitrogens is 3. The number of hydrazone groups is 1. The third kappa shape index (κ3) is 5.39. The summed E-state index contributed by atoms with van der Waals surface area (Å²) >= 11 is 1.28. The average molecular weight is 508 g/mol. The second-order valence-corrected chi connectivity index (χ2v) is 9.59. The first kappa shape index (κ1) is 24.3. The molecule has 0 fully saturated rings. The van der Waals surface area contributed by atoms with Crippen LogP contribution in [0.2, 0.25) is 0 Å². The first-order chi connectivity index (χ1) is 18.0. The van der Waals surface area contributed by atoms with E-state index in [2.05, 4.69) is 20.7 Å². The van der Waals surface area contributed by atoms with E-state index in [1.807, 2.05) is 97.3 Å². The van der Waals surface area contributed by atoms with Crippen LogP contribution in [0.25, 0.3) is 27.8 Å². The number of amides is 1.